The van der Waals surface area contributed by atoms with Crippen LogP contribution in [0.5, 0.6) is 5.75 Å². The molecular weight excluding hydrogens is 337 g/mol. The average molecular weight is 358 g/mol. The van der Waals surface area contributed by atoms with E-state index in [1.54, 1.807) is 12.1 Å². The average Bonchev–Trinajstić information content (AvgIpc) is 2.57. The first-order chi connectivity index (χ1) is 11.1. The van der Waals surface area contributed by atoms with Crippen molar-refractivity contribution < 1.29 is 14.6 Å². The van der Waals surface area contributed by atoms with Gasteiger partial charge in [0.05, 0.1) is 24.3 Å². The van der Waals surface area contributed by atoms with Crippen molar-refractivity contribution in [2.24, 2.45) is 5.92 Å². The summed E-state index contributed by atoms with van der Waals surface area (Å²) in [5.41, 5.74) is 0.240. The number of benzene rings is 1. The van der Waals surface area contributed by atoms with Gasteiger partial charge in [0.15, 0.2) is 5.72 Å². The van der Waals surface area contributed by atoms with E-state index < -0.39 is 11.8 Å². The molecule has 1 aromatic carbocycles. The molecule has 2 fully saturated rings. The third-order valence-electron chi connectivity index (χ3n) is 5.44. The number of aliphatic hydroxyl groups excluding tert-OH is 1. The van der Waals surface area contributed by atoms with Gasteiger partial charge >= 0.3 is 0 Å². The van der Waals surface area contributed by atoms with Gasteiger partial charge in [-0.25, -0.2) is 0 Å². The lowest BCUT2D eigenvalue weighted by Crippen LogP contribution is -2.64. The molecule has 1 N–H and O–H groups in total. The molecule has 0 spiro atoms. The number of rotatable bonds is 1. The largest absolute Gasteiger partial charge is 0.470 e. The van der Waals surface area contributed by atoms with Gasteiger partial charge in [-0.15, -0.1) is 0 Å². The van der Waals surface area contributed by atoms with Crippen LogP contribution in [0.2, 0.25) is 10.0 Å². The smallest absolute Gasteiger partial charge is 0.169 e. The van der Waals surface area contributed by atoms with Gasteiger partial charge in [0.2, 0.25) is 0 Å². The van der Waals surface area contributed by atoms with E-state index in [0.29, 0.717) is 29.0 Å². The Bertz CT molecular complexity index is 606. The van der Waals surface area contributed by atoms with Crippen LogP contribution in [0.15, 0.2) is 12.1 Å². The summed E-state index contributed by atoms with van der Waals surface area (Å²) in [6, 6.07) is 3.47. The molecule has 1 aliphatic carbocycles. The van der Waals surface area contributed by atoms with Crippen molar-refractivity contribution in [1.29, 1.82) is 0 Å². The summed E-state index contributed by atoms with van der Waals surface area (Å²) in [6.45, 7) is 3.05. The minimum Gasteiger partial charge on any atom is -0.470 e. The van der Waals surface area contributed by atoms with Crippen LogP contribution in [0.3, 0.4) is 0 Å². The molecule has 1 saturated carbocycles. The zero-order valence-electron chi connectivity index (χ0n) is 12.9. The van der Waals surface area contributed by atoms with Gasteiger partial charge in [0.1, 0.15) is 5.75 Å². The highest BCUT2D eigenvalue weighted by Crippen LogP contribution is 2.54. The van der Waals surface area contributed by atoms with Crippen molar-refractivity contribution >= 4 is 23.2 Å². The molecule has 6 heteroatoms. The molecule has 1 aromatic rings. The maximum Gasteiger partial charge on any atom is 0.169 e. The SMILES string of the molecule is O[C@@H]1c2cc(Cl)cc(Cl)c2O[C@@]2(N3CCOCC3)CCCC[C@@H]12. The van der Waals surface area contributed by atoms with Gasteiger partial charge in [-0.3, -0.25) is 4.90 Å². The molecular formula is C17H21Cl2NO3. The molecule has 0 aromatic heterocycles. The number of hydrogen-bond acceptors (Lipinski definition) is 4. The van der Waals surface area contributed by atoms with E-state index in [-0.39, 0.29) is 5.92 Å². The molecule has 3 atom stereocenters. The number of halogens is 2. The number of nitrogens with zero attached hydrogens (tertiary/aromatic N) is 1. The van der Waals surface area contributed by atoms with Crippen LogP contribution < -0.4 is 4.74 Å². The second kappa shape index (κ2) is 6.08. The summed E-state index contributed by atoms with van der Waals surface area (Å²) in [5, 5.41) is 12.1. The van der Waals surface area contributed by atoms with Crippen LogP contribution in [0.25, 0.3) is 0 Å². The first-order valence-electron chi connectivity index (χ1n) is 8.31. The zero-order valence-corrected chi connectivity index (χ0v) is 14.4. The standard InChI is InChI=1S/C17H21Cl2NO3/c18-11-9-12-15(21)13-3-1-2-4-17(13,20-5-7-22-8-6-20)23-16(12)14(19)10-11/h9-10,13,15,21H,1-8H2/t13-,15+,17-/m0/s1. The Hall–Kier alpha value is -0.520. The predicted molar refractivity (Wildman–Crippen MR) is 89.1 cm³/mol. The van der Waals surface area contributed by atoms with Gasteiger partial charge in [-0.2, -0.15) is 0 Å². The van der Waals surface area contributed by atoms with E-state index in [1.165, 1.54) is 0 Å². The lowest BCUT2D eigenvalue weighted by atomic mass is 9.73. The summed E-state index contributed by atoms with van der Waals surface area (Å²) in [7, 11) is 0. The maximum absolute atomic E-state index is 11.0. The molecule has 2 aliphatic heterocycles. The number of fused-ring (bicyclic) bond motifs is 2. The third kappa shape index (κ3) is 2.56. The van der Waals surface area contributed by atoms with Gasteiger partial charge in [-0.1, -0.05) is 29.6 Å². The van der Waals surface area contributed by atoms with Gasteiger partial charge in [0, 0.05) is 36.0 Å². The molecule has 3 aliphatic rings. The van der Waals surface area contributed by atoms with Crippen molar-refractivity contribution in [3.63, 3.8) is 0 Å². The van der Waals surface area contributed by atoms with Crippen LogP contribution in [0.4, 0.5) is 0 Å². The molecule has 4 rings (SSSR count). The fraction of sp³-hybridized carbons (Fsp3) is 0.647. The molecule has 0 bridgehead atoms. The number of hydrogen-bond donors (Lipinski definition) is 1. The molecule has 0 unspecified atom stereocenters. The minimum absolute atomic E-state index is 0.0383. The van der Waals surface area contributed by atoms with Crippen molar-refractivity contribution in [1.82, 2.24) is 4.90 Å². The van der Waals surface area contributed by atoms with Gasteiger partial charge in [0.25, 0.3) is 0 Å². The normalized spacial score (nSPS) is 34.4. The fourth-order valence-corrected chi connectivity index (χ4v) is 4.93. The Morgan fingerprint density at radius 3 is 2.74 bits per heavy atom. The molecule has 0 radical (unpaired) electrons. The molecule has 4 nitrogen and oxygen atoms in total. The highest BCUT2D eigenvalue weighted by molar-refractivity contribution is 6.35. The van der Waals surface area contributed by atoms with Crippen LogP contribution in [-0.2, 0) is 4.74 Å². The number of ether oxygens (including phenoxy) is 2. The Kier molecular flexibility index (Phi) is 4.23. The molecule has 126 valence electrons. The quantitative estimate of drug-likeness (QED) is 0.832. The van der Waals surface area contributed by atoms with E-state index in [2.05, 4.69) is 4.90 Å². The van der Waals surface area contributed by atoms with Crippen LogP contribution in [0.1, 0.15) is 37.4 Å². The first kappa shape index (κ1) is 16.0. The van der Waals surface area contributed by atoms with Crippen LogP contribution >= 0.6 is 23.2 Å². The Labute approximate surface area is 146 Å². The third-order valence-corrected chi connectivity index (χ3v) is 5.94. The van der Waals surface area contributed by atoms with Crippen molar-refractivity contribution in [3.05, 3.63) is 27.7 Å². The molecule has 0 amide bonds. The highest BCUT2D eigenvalue weighted by atomic mass is 35.5. The van der Waals surface area contributed by atoms with E-state index in [4.69, 9.17) is 32.7 Å². The zero-order chi connectivity index (χ0) is 16.0. The Morgan fingerprint density at radius 2 is 1.96 bits per heavy atom. The van der Waals surface area contributed by atoms with Crippen molar-refractivity contribution in [3.8, 4) is 5.75 Å². The fourth-order valence-electron chi connectivity index (χ4n) is 4.38. The number of morpholine rings is 1. The highest BCUT2D eigenvalue weighted by Gasteiger charge is 2.54. The second-order valence-electron chi connectivity index (χ2n) is 6.65. The van der Waals surface area contributed by atoms with E-state index in [9.17, 15) is 5.11 Å². The Morgan fingerprint density at radius 1 is 1.17 bits per heavy atom. The van der Waals surface area contributed by atoms with E-state index in [0.717, 1.165) is 44.3 Å². The lowest BCUT2D eigenvalue weighted by molar-refractivity contribution is -0.206. The van der Waals surface area contributed by atoms with Gasteiger partial charge in [-0.05, 0) is 25.0 Å². The van der Waals surface area contributed by atoms with Crippen molar-refractivity contribution in [2.45, 2.75) is 37.5 Å². The monoisotopic (exact) mass is 357 g/mol. The lowest BCUT2D eigenvalue weighted by Gasteiger charge is -2.55. The van der Waals surface area contributed by atoms with Crippen LogP contribution in [0, 0.1) is 5.92 Å². The summed E-state index contributed by atoms with van der Waals surface area (Å²) in [6.07, 6.45) is 3.47. The molecule has 1 saturated heterocycles. The van der Waals surface area contributed by atoms with Crippen molar-refractivity contribution in [2.75, 3.05) is 26.3 Å². The first-order valence-corrected chi connectivity index (χ1v) is 9.06. The minimum atomic E-state index is -0.599. The van der Waals surface area contributed by atoms with Gasteiger partial charge < -0.3 is 14.6 Å². The second-order valence-corrected chi connectivity index (χ2v) is 7.49. The molecule has 23 heavy (non-hydrogen) atoms. The summed E-state index contributed by atoms with van der Waals surface area (Å²) in [4.78, 5) is 2.34. The summed E-state index contributed by atoms with van der Waals surface area (Å²) in [5.74, 6) is 0.629. The topological polar surface area (TPSA) is 41.9 Å². The van der Waals surface area contributed by atoms with E-state index in [1.807, 2.05) is 0 Å². The van der Waals surface area contributed by atoms with E-state index >= 15 is 0 Å². The van der Waals surface area contributed by atoms with Crippen LogP contribution in [-0.4, -0.2) is 42.0 Å². The number of aliphatic hydroxyl groups is 1. The predicted octanol–water partition coefficient (Wildman–Crippen LogP) is 3.64. The Balaban J connectivity index is 1.80. The summed E-state index contributed by atoms with van der Waals surface area (Å²) >= 11 is 12.5. The molecule has 2 heterocycles. The summed E-state index contributed by atoms with van der Waals surface area (Å²) < 4.78 is 12.0. The maximum atomic E-state index is 11.0.